The first-order valence-corrected chi connectivity index (χ1v) is 6.71. The predicted octanol–water partition coefficient (Wildman–Crippen LogP) is -0.196. The Morgan fingerprint density at radius 1 is 1.50 bits per heavy atom. The van der Waals surface area contributed by atoms with E-state index < -0.39 is 21.2 Å². The third-order valence-corrected chi connectivity index (χ3v) is 4.67. The zero-order chi connectivity index (χ0) is 12.3. The van der Waals surface area contributed by atoms with Crippen molar-refractivity contribution in [1.29, 1.82) is 0 Å². The minimum atomic E-state index is -3.80. The second-order valence-corrected chi connectivity index (χ2v) is 6.09. The van der Waals surface area contributed by atoms with Crippen LogP contribution in [0.2, 0.25) is 0 Å². The Morgan fingerprint density at radius 3 is 2.56 bits per heavy atom. The van der Waals surface area contributed by atoms with Gasteiger partial charge in [-0.1, -0.05) is 0 Å². The highest BCUT2D eigenvalue weighted by molar-refractivity contribution is 7.90. The van der Waals surface area contributed by atoms with E-state index in [4.69, 9.17) is 9.84 Å². The molecule has 1 aliphatic heterocycles. The van der Waals surface area contributed by atoms with Crippen molar-refractivity contribution in [3.63, 3.8) is 0 Å². The summed E-state index contributed by atoms with van der Waals surface area (Å²) in [6, 6.07) is -0.297. The highest BCUT2D eigenvalue weighted by Crippen LogP contribution is 2.17. The Bertz CT molecular complexity index is 347. The molecule has 1 aliphatic rings. The van der Waals surface area contributed by atoms with Crippen molar-refractivity contribution in [3.8, 4) is 0 Å². The van der Waals surface area contributed by atoms with Crippen LogP contribution >= 0.6 is 0 Å². The number of carboxylic acids is 1. The van der Waals surface area contributed by atoms with Gasteiger partial charge < -0.3 is 9.84 Å². The fraction of sp³-hybridized carbons (Fsp3) is 0.889. The predicted molar refractivity (Wildman–Crippen MR) is 57.5 cm³/mol. The van der Waals surface area contributed by atoms with Gasteiger partial charge in [-0.05, 0) is 20.3 Å². The monoisotopic (exact) mass is 251 g/mol. The van der Waals surface area contributed by atoms with E-state index in [1.165, 1.54) is 0 Å². The second-order valence-electron chi connectivity index (χ2n) is 4.06. The number of rotatable bonds is 5. The summed E-state index contributed by atoms with van der Waals surface area (Å²) in [6.45, 7) is 4.03. The molecule has 16 heavy (non-hydrogen) atoms. The zero-order valence-electron chi connectivity index (χ0n) is 9.34. The van der Waals surface area contributed by atoms with Crippen LogP contribution in [0.15, 0.2) is 0 Å². The number of carboxylic acid groups (broad SMARTS) is 1. The van der Waals surface area contributed by atoms with Gasteiger partial charge in [-0.2, -0.15) is 0 Å². The summed E-state index contributed by atoms with van der Waals surface area (Å²) in [5, 5.41) is 7.22. The van der Waals surface area contributed by atoms with Crippen molar-refractivity contribution in [2.45, 2.75) is 31.6 Å². The standard InChI is InChI=1S/C9H17NO5S/c1-6(8-3-4-15-5-8)10-16(13,14)7(2)9(11)12/h6-8,10H,3-5H2,1-2H3,(H,11,12). The summed E-state index contributed by atoms with van der Waals surface area (Å²) in [4.78, 5) is 10.6. The molecule has 7 heteroatoms. The lowest BCUT2D eigenvalue weighted by molar-refractivity contribution is -0.136. The Morgan fingerprint density at radius 2 is 2.12 bits per heavy atom. The van der Waals surface area contributed by atoms with Crippen LogP contribution in [0.1, 0.15) is 20.3 Å². The normalized spacial score (nSPS) is 25.2. The number of carbonyl (C=O) groups is 1. The molecular weight excluding hydrogens is 234 g/mol. The molecule has 1 heterocycles. The van der Waals surface area contributed by atoms with Crippen LogP contribution in [0.3, 0.4) is 0 Å². The Labute approximate surface area is 95.0 Å². The molecule has 3 atom stereocenters. The summed E-state index contributed by atoms with van der Waals surface area (Å²) in [6.07, 6.45) is 0.797. The zero-order valence-corrected chi connectivity index (χ0v) is 10.2. The van der Waals surface area contributed by atoms with Gasteiger partial charge in [0.25, 0.3) is 0 Å². The molecule has 0 bridgehead atoms. The van der Waals surface area contributed by atoms with E-state index in [9.17, 15) is 13.2 Å². The van der Waals surface area contributed by atoms with Crippen molar-refractivity contribution in [2.75, 3.05) is 13.2 Å². The molecule has 3 unspecified atom stereocenters. The molecule has 1 fully saturated rings. The minimum Gasteiger partial charge on any atom is -0.480 e. The number of aliphatic carboxylic acids is 1. The maximum atomic E-state index is 11.6. The number of nitrogens with one attached hydrogen (secondary N) is 1. The Kier molecular flexibility index (Phi) is 4.28. The molecule has 1 saturated heterocycles. The lowest BCUT2D eigenvalue weighted by Crippen LogP contribution is -2.44. The number of hydrogen-bond acceptors (Lipinski definition) is 4. The van der Waals surface area contributed by atoms with Gasteiger partial charge in [0.15, 0.2) is 5.25 Å². The SMILES string of the molecule is CC(NS(=O)(=O)C(C)C(=O)O)C1CCOC1. The average Bonchev–Trinajstić information content (AvgIpc) is 2.68. The lowest BCUT2D eigenvalue weighted by atomic mass is 10.0. The average molecular weight is 251 g/mol. The van der Waals surface area contributed by atoms with Crippen molar-refractivity contribution >= 4 is 16.0 Å². The fourth-order valence-electron chi connectivity index (χ4n) is 1.54. The van der Waals surface area contributed by atoms with Gasteiger partial charge >= 0.3 is 5.97 Å². The maximum absolute atomic E-state index is 11.6. The van der Waals surface area contributed by atoms with Crippen LogP contribution < -0.4 is 4.72 Å². The fourth-order valence-corrected chi connectivity index (χ4v) is 2.72. The number of hydrogen-bond donors (Lipinski definition) is 2. The van der Waals surface area contributed by atoms with Crippen molar-refractivity contribution in [1.82, 2.24) is 4.72 Å². The van der Waals surface area contributed by atoms with Gasteiger partial charge in [-0.15, -0.1) is 0 Å². The molecular formula is C9H17NO5S. The van der Waals surface area contributed by atoms with Gasteiger partial charge in [0.05, 0.1) is 6.61 Å². The van der Waals surface area contributed by atoms with E-state index >= 15 is 0 Å². The molecule has 1 rings (SSSR count). The first kappa shape index (κ1) is 13.4. The van der Waals surface area contributed by atoms with E-state index in [1.54, 1.807) is 6.92 Å². The van der Waals surface area contributed by atoms with Crippen LogP contribution in [0.5, 0.6) is 0 Å². The smallest absolute Gasteiger partial charge is 0.323 e. The van der Waals surface area contributed by atoms with Gasteiger partial charge in [0.2, 0.25) is 10.0 Å². The van der Waals surface area contributed by atoms with Gasteiger partial charge in [0.1, 0.15) is 0 Å². The molecule has 0 aromatic rings. The number of ether oxygens (including phenoxy) is 1. The van der Waals surface area contributed by atoms with Gasteiger partial charge in [-0.3, -0.25) is 4.79 Å². The van der Waals surface area contributed by atoms with Crippen LogP contribution in [0.4, 0.5) is 0 Å². The summed E-state index contributed by atoms with van der Waals surface area (Å²) in [5.74, 6) is -1.22. The van der Waals surface area contributed by atoms with Crippen molar-refractivity contribution in [3.05, 3.63) is 0 Å². The van der Waals surface area contributed by atoms with Crippen LogP contribution in [0.25, 0.3) is 0 Å². The van der Waals surface area contributed by atoms with Gasteiger partial charge in [0, 0.05) is 18.6 Å². The highest BCUT2D eigenvalue weighted by Gasteiger charge is 2.32. The highest BCUT2D eigenvalue weighted by atomic mass is 32.2. The molecule has 0 amide bonds. The molecule has 0 aromatic carbocycles. The van der Waals surface area contributed by atoms with Gasteiger partial charge in [-0.25, -0.2) is 13.1 Å². The Hall–Kier alpha value is -0.660. The van der Waals surface area contributed by atoms with Crippen LogP contribution in [-0.2, 0) is 19.6 Å². The molecule has 94 valence electrons. The second kappa shape index (κ2) is 5.11. The van der Waals surface area contributed by atoms with Crippen LogP contribution in [0, 0.1) is 5.92 Å². The molecule has 0 aromatic heterocycles. The molecule has 6 nitrogen and oxygen atoms in total. The Balaban J connectivity index is 2.61. The van der Waals surface area contributed by atoms with Crippen molar-refractivity contribution in [2.24, 2.45) is 5.92 Å². The minimum absolute atomic E-state index is 0.121. The summed E-state index contributed by atoms with van der Waals surface area (Å²) >= 11 is 0. The first-order valence-electron chi connectivity index (χ1n) is 5.16. The lowest BCUT2D eigenvalue weighted by Gasteiger charge is -2.20. The van der Waals surface area contributed by atoms with E-state index in [1.807, 2.05) is 0 Å². The van der Waals surface area contributed by atoms with E-state index in [0.717, 1.165) is 13.3 Å². The third kappa shape index (κ3) is 3.16. The maximum Gasteiger partial charge on any atom is 0.323 e. The summed E-state index contributed by atoms with van der Waals surface area (Å²) < 4.78 is 30.8. The molecule has 0 saturated carbocycles. The quantitative estimate of drug-likeness (QED) is 0.706. The summed E-state index contributed by atoms with van der Waals surface area (Å²) in [5.41, 5.74) is 0. The summed E-state index contributed by atoms with van der Waals surface area (Å²) in [7, 11) is -3.80. The largest absolute Gasteiger partial charge is 0.480 e. The van der Waals surface area contributed by atoms with Crippen molar-refractivity contribution < 1.29 is 23.1 Å². The van der Waals surface area contributed by atoms with E-state index in [-0.39, 0.29) is 12.0 Å². The van der Waals surface area contributed by atoms with Crippen LogP contribution in [-0.4, -0.2) is 44.0 Å². The topological polar surface area (TPSA) is 92.7 Å². The van der Waals surface area contributed by atoms with E-state index in [0.29, 0.717) is 13.2 Å². The third-order valence-electron chi connectivity index (χ3n) is 2.84. The van der Waals surface area contributed by atoms with E-state index in [2.05, 4.69) is 4.72 Å². The first-order chi connectivity index (χ1) is 7.34. The molecule has 0 aliphatic carbocycles. The molecule has 2 N–H and O–H groups in total. The number of sulfonamides is 1. The molecule has 0 radical (unpaired) electrons. The molecule has 0 spiro atoms.